The normalized spacial score (nSPS) is 26.2. The first kappa shape index (κ1) is 9.05. The zero-order chi connectivity index (χ0) is 8.10. The third kappa shape index (κ3) is 3.24. The summed E-state index contributed by atoms with van der Waals surface area (Å²) < 4.78 is 0. The van der Waals surface area contributed by atoms with Gasteiger partial charge in [-0.1, -0.05) is 19.8 Å². The molecule has 1 aliphatic rings. The number of unbranched alkanes of at least 4 members (excludes halogenated alkanes) is 2. The van der Waals surface area contributed by atoms with Crippen LogP contribution in [0.3, 0.4) is 0 Å². The molecule has 1 aliphatic heterocycles. The second-order valence-electron chi connectivity index (χ2n) is 3.56. The maximum Gasteiger partial charge on any atom is 0.00130 e. The molecule has 1 saturated heterocycles. The Morgan fingerprint density at radius 2 is 2.27 bits per heavy atom. The molecular formula is C10H19N. The lowest BCUT2D eigenvalue weighted by Gasteiger charge is -2.13. The molecule has 64 valence electrons. The van der Waals surface area contributed by atoms with Crippen LogP contribution in [0.5, 0.6) is 0 Å². The summed E-state index contributed by atoms with van der Waals surface area (Å²) in [4.78, 5) is 2.49. The van der Waals surface area contributed by atoms with Crippen molar-refractivity contribution >= 4 is 0 Å². The van der Waals surface area contributed by atoms with Crippen molar-refractivity contribution in [1.82, 2.24) is 4.90 Å². The number of nitrogens with zero attached hydrogens (tertiary/aromatic N) is 1. The Labute approximate surface area is 70.8 Å². The molecule has 1 atom stereocenters. The predicted octanol–water partition coefficient (Wildman–Crippen LogP) is 2.21. The van der Waals surface area contributed by atoms with E-state index in [1.54, 1.807) is 0 Å². The summed E-state index contributed by atoms with van der Waals surface area (Å²) in [5.41, 5.74) is 0. The average molecular weight is 153 g/mol. The van der Waals surface area contributed by atoms with Crippen molar-refractivity contribution in [2.75, 3.05) is 19.6 Å². The van der Waals surface area contributed by atoms with E-state index in [0.29, 0.717) is 5.92 Å². The molecule has 1 unspecified atom stereocenters. The quantitative estimate of drug-likeness (QED) is 0.560. The van der Waals surface area contributed by atoms with Crippen LogP contribution >= 0.6 is 0 Å². The predicted molar refractivity (Wildman–Crippen MR) is 48.4 cm³/mol. The highest BCUT2D eigenvalue weighted by atomic mass is 15.1. The molecule has 1 heterocycles. The molecule has 0 aromatic heterocycles. The molecule has 1 heteroatoms. The standard InChI is InChI=1S/C10H19N/c1-3-4-5-7-11-8-6-10(2)9-11/h2,10H,3-9H2,1H3. The minimum absolute atomic E-state index is 0.455. The largest absolute Gasteiger partial charge is 0.303 e. The van der Waals surface area contributed by atoms with Crippen LogP contribution in [0.15, 0.2) is 0 Å². The highest BCUT2D eigenvalue weighted by molar-refractivity contribution is 4.76. The summed E-state index contributed by atoms with van der Waals surface area (Å²) in [5.74, 6) is 0.455. The summed E-state index contributed by atoms with van der Waals surface area (Å²) >= 11 is 0. The Balaban J connectivity index is 1.99. The first-order valence-corrected chi connectivity index (χ1v) is 4.81. The van der Waals surface area contributed by atoms with Gasteiger partial charge in [0.1, 0.15) is 0 Å². The van der Waals surface area contributed by atoms with Crippen LogP contribution in [0.2, 0.25) is 0 Å². The molecule has 0 spiro atoms. The zero-order valence-electron chi connectivity index (χ0n) is 7.55. The van der Waals surface area contributed by atoms with Crippen LogP contribution in [0.1, 0.15) is 32.6 Å². The molecule has 0 N–H and O–H groups in total. The van der Waals surface area contributed by atoms with Crippen molar-refractivity contribution in [1.29, 1.82) is 0 Å². The van der Waals surface area contributed by atoms with E-state index in [1.165, 1.54) is 38.8 Å². The average Bonchev–Trinajstić information content (AvgIpc) is 2.37. The lowest BCUT2D eigenvalue weighted by Crippen LogP contribution is -2.21. The number of hydrogen-bond acceptors (Lipinski definition) is 1. The molecule has 2 radical (unpaired) electrons. The van der Waals surface area contributed by atoms with Crippen molar-refractivity contribution in [3.05, 3.63) is 6.92 Å². The Bertz CT molecular complexity index is 101. The molecular weight excluding hydrogens is 134 g/mol. The Morgan fingerprint density at radius 3 is 2.82 bits per heavy atom. The summed E-state index contributed by atoms with van der Waals surface area (Å²) in [7, 11) is 0. The fourth-order valence-electron chi connectivity index (χ4n) is 1.65. The summed E-state index contributed by atoms with van der Waals surface area (Å²) in [6.07, 6.45) is 5.24. The lowest BCUT2D eigenvalue weighted by atomic mass is 10.2. The van der Waals surface area contributed by atoms with Gasteiger partial charge >= 0.3 is 0 Å². The number of hydrogen-bond donors (Lipinski definition) is 0. The maximum absolute atomic E-state index is 5.79. The van der Waals surface area contributed by atoms with Crippen molar-refractivity contribution in [2.24, 2.45) is 5.92 Å². The van der Waals surface area contributed by atoms with Gasteiger partial charge < -0.3 is 4.90 Å². The summed E-state index contributed by atoms with van der Waals surface area (Å²) in [5, 5.41) is 0. The molecule has 0 aromatic rings. The monoisotopic (exact) mass is 153 g/mol. The topological polar surface area (TPSA) is 3.24 Å². The van der Waals surface area contributed by atoms with Crippen LogP contribution in [0.4, 0.5) is 0 Å². The zero-order valence-corrected chi connectivity index (χ0v) is 7.55. The van der Waals surface area contributed by atoms with Gasteiger partial charge in [-0.3, -0.25) is 0 Å². The summed E-state index contributed by atoms with van der Waals surface area (Å²) in [6, 6.07) is 0. The highest BCUT2D eigenvalue weighted by Crippen LogP contribution is 2.14. The molecule has 0 aromatic carbocycles. The molecule has 1 nitrogen and oxygen atoms in total. The lowest BCUT2D eigenvalue weighted by molar-refractivity contribution is 0.323. The second-order valence-corrected chi connectivity index (χ2v) is 3.56. The van der Waals surface area contributed by atoms with Crippen LogP contribution in [0.25, 0.3) is 0 Å². The molecule has 0 amide bonds. The Morgan fingerprint density at radius 1 is 1.45 bits per heavy atom. The van der Waals surface area contributed by atoms with Gasteiger partial charge in [-0.15, -0.1) is 0 Å². The van der Waals surface area contributed by atoms with E-state index in [1.807, 2.05) is 0 Å². The van der Waals surface area contributed by atoms with Crippen LogP contribution in [-0.2, 0) is 0 Å². The smallest absolute Gasteiger partial charge is 0.00130 e. The fourth-order valence-corrected chi connectivity index (χ4v) is 1.65. The highest BCUT2D eigenvalue weighted by Gasteiger charge is 2.17. The van der Waals surface area contributed by atoms with E-state index < -0.39 is 0 Å². The van der Waals surface area contributed by atoms with Gasteiger partial charge in [0.05, 0.1) is 0 Å². The third-order valence-electron chi connectivity index (χ3n) is 2.39. The van der Waals surface area contributed by atoms with Gasteiger partial charge in [0.25, 0.3) is 0 Å². The van der Waals surface area contributed by atoms with Crippen molar-refractivity contribution in [3.8, 4) is 0 Å². The van der Waals surface area contributed by atoms with Crippen molar-refractivity contribution in [3.63, 3.8) is 0 Å². The molecule has 0 bridgehead atoms. The minimum atomic E-state index is 0.455. The third-order valence-corrected chi connectivity index (χ3v) is 2.39. The van der Waals surface area contributed by atoms with Gasteiger partial charge in [-0.25, -0.2) is 0 Å². The molecule has 0 aliphatic carbocycles. The van der Waals surface area contributed by atoms with Gasteiger partial charge in [-0.2, -0.15) is 0 Å². The van der Waals surface area contributed by atoms with E-state index in [2.05, 4.69) is 11.8 Å². The maximum atomic E-state index is 5.79. The second kappa shape index (κ2) is 4.76. The van der Waals surface area contributed by atoms with Crippen molar-refractivity contribution in [2.45, 2.75) is 32.6 Å². The molecule has 1 rings (SSSR count). The van der Waals surface area contributed by atoms with E-state index in [0.717, 1.165) is 6.54 Å². The van der Waals surface area contributed by atoms with Gasteiger partial charge in [0.15, 0.2) is 0 Å². The fraction of sp³-hybridized carbons (Fsp3) is 0.900. The van der Waals surface area contributed by atoms with E-state index in [-0.39, 0.29) is 0 Å². The molecule has 0 saturated carbocycles. The van der Waals surface area contributed by atoms with Crippen LogP contribution < -0.4 is 0 Å². The number of likely N-dealkylation sites (tertiary alicyclic amines) is 1. The van der Waals surface area contributed by atoms with E-state index in [9.17, 15) is 0 Å². The minimum Gasteiger partial charge on any atom is -0.303 e. The van der Waals surface area contributed by atoms with Gasteiger partial charge in [0.2, 0.25) is 0 Å². The van der Waals surface area contributed by atoms with Crippen molar-refractivity contribution < 1.29 is 0 Å². The summed E-state index contributed by atoms with van der Waals surface area (Å²) in [6.45, 7) is 11.7. The first-order valence-electron chi connectivity index (χ1n) is 4.81. The molecule has 1 fully saturated rings. The van der Waals surface area contributed by atoms with E-state index >= 15 is 0 Å². The number of rotatable bonds is 4. The van der Waals surface area contributed by atoms with E-state index in [4.69, 9.17) is 6.92 Å². The Kier molecular flexibility index (Phi) is 3.92. The first-order chi connectivity index (χ1) is 5.33. The molecule has 11 heavy (non-hydrogen) atoms. The Hall–Kier alpha value is -0.0400. The van der Waals surface area contributed by atoms with Crippen LogP contribution in [0, 0.1) is 12.8 Å². The van der Waals surface area contributed by atoms with Gasteiger partial charge in [-0.05, 0) is 38.8 Å². The SMILES string of the molecule is [CH]C1CCN(CCCCC)C1. The van der Waals surface area contributed by atoms with Crippen LogP contribution in [-0.4, -0.2) is 24.5 Å². The van der Waals surface area contributed by atoms with Gasteiger partial charge in [0, 0.05) is 6.54 Å².